The van der Waals surface area contributed by atoms with Crippen LogP contribution in [-0.2, 0) is 19.1 Å². The molecule has 0 aromatic heterocycles. The van der Waals surface area contributed by atoms with Crippen LogP contribution in [0.15, 0.2) is 0 Å². The maximum absolute atomic E-state index is 11.5. The van der Waals surface area contributed by atoms with Gasteiger partial charge in [0.05, 0.1) is 13.5 Å². The predicted octanol–water partition coefficient (Wildman–Crippen LogP) is 0.0683. The van der Waals surface area contributed by atoms with E-state index in [1.54, 1.807) is 4.90 Å². The number of carbonyl (C=O) groups excluding carboxylic acids is 3. The molecule has 1 N–H and O–H groups in total. The van der Waals surface area contributed by atoms with Gasteiger partial charge in [0.25, 0.3) is 0 Å². The van der Waals surface area contributed by atoms with Crippen LogP contribution in [0, 0.1) is 0 Å². The summed E-state index contributed by atoms with van der Waals surface area (Å²) in [6, 6.07) is 0. The molecule has 0 saturated carbocycles. The third-order valence-electron chi connectivity index (χ3n) is 2.91. The summed E-state index contributed by atoms with van der Waals surface area (Å²) in [7, 11) is 1.29. The third-order valence-corrected chi connectivity index (χ3v) is 2.91. The quantitative estimate of drug-likeness (QED) is 0.682. The van der Waals surface area contributed by atoms with Crippen molar-refractivity contribution in [3.63, 3.8) is 0 Å². The van der Waals surface area contributed by atoms with Gasteiger partial charge in [0.2, 0.25) is 11.8 Å². The minimum absolute atomic E-state index is 0.0883. The van der Waals surface area contributed by atoms with Gasteiger partial charge in [-0.05, 0) is 12.8 Å². The number of methoxy groups -OCH3 is 1. The van der Waals surface area contributed by atoms with Crippen molar-refractivity contribution in [3.05, 3.63) is 0 Å². The van der Waals surface area contributed by atoms with Crippen molar-refractivity contribution in [2.45, 2.75) is 32.1 Å². The van der Waals surface area contributed by atoms with Crippen molar-refractivity contribution >= 4 is 17.8 Å². The Kier molecular flexibility index (Phi) is 6.18. The van der Waals surface area contributed by atoms with Crippen molar-refractivity contribution in [3.8, 4) is 0 Å². The molecule has 1 heterocycles. The summed E-state index contributed by atoms with van der Waals surface area (Å²) >= 11 is 0. The zero-order valence-electron chi connectivity index (χ0n) is 10.7. The average molecular weight is 256 g/mol. The molecular weight excluding hydrogens is 236 g/mol. The summed E-state index contributed by atoms with van der Waals surface area (Å²) in [5.74, 6) is -0.425. The molecule has 1 saturated heterocycles. The molecule has 0 radical (unpaired) electrons. The Bertz CT molecular complexity index is 317. The second-order valence-electron chi connectivity index (χ2n) is 4.26. The molecule has 6 nitrogen and oxygen atoms in total. The lowest BCUT2D eigenvalue weighted by Gasteiger charge is -2.26. The Morgan fingerprint density at radius 1 is 1.33 bits per heavy atom. The number of hydrogen-bond donors (Lipinski definition) is 1. The molecule has 1 rings (SSSR count). The van der Waals surface area contributed by atoms with Gasteiger partial charge in [-0.2, -0.15) is 0 Å². The van der Waals surface area contributed by atoms with E-state index >= 15 is 0 Å². The lowest BCUT2D eigenvalue weighted by molar-refractivity contribution is -0.142. The van der Waals surface area contributed by atoms with E-state index in [1.807, 2.05) is 0 Å². The molecule has 6 heteroatoms. The Balaban J connectivity index is 2.11. The van der Waals surface area contributed by atoms with Crippen molar-refractivity contribution in [1.82, 2.24) is 10.2 Å². The largest absolute Gasteiger partial charge is 0.469 e. The first-order valence-electron chi connectivity index (χ1n) is 6.25. The highest BCUT2D eigenvalue weighted by Gasteiger charge is 2.17. The number of nitrogens with one attached hydrogen (secondary N) is 1. The van der Waals surface area contributed by atoms with Crippen LogP contribution < -0.4 is 5.32 Å². The summed E-state index contributed by atoms with van der Waals surface area (Å²) in [4.78, 5) is 35.4. The number of nitrogens with zero attached hydrogens (tertiary/aromatic N) is 1. The van der Waals surface area contributed by atoms with Gasteiger partial charge in [-0.1, -0.05) is 0 Å². The van der Waals surface area contributed by atoms with Gasteiger partial charge in [0.15, 0.2) is 0 Å². The highest BCUT2D eigenvalue weighted by atomic mass is 16.5. The van der Waals surface area contributed by atoms with Gasteiger partial charge in [-0.3, -0.25) is 14.4 Å². The molecule has 0 aliphatic carbocycles. The monoisotopic (exact) mass is 256 g/mol. The molecule has 1 fully saturated rings. The molecule has 1 aliphatic rings. The van der Waals surface area contributed by atoms with E-state index in [4.69, 9.17) is 0 Å². The van der Waals surface area contributed by atoms with Crippen molar-refractivity contribution in [2.75, 3.05) is 26.7 Å². The van der Waals surface area contributed by atoms with Gasteiger partial charge < -0.3 is 15.0 Å². The average Bonchev–Trinajstić information content (AvgIpc) is 2.38. The Morgan fingerprint density at radius 3 is 2.78 bits per heavy atom. The molecular formula is C12H20N2O4. The first-order chi connectivity index (χ1) is 8.63. The van der Waals surface area contributed by atoms with E-state index in [0.717, 1.165) is 19.4 Å². The second-order valence-corrected chi connectivity index (χ2v) is 4.26. The van der Waals surface area contributed by atoms with Crippen LogP contribution in [0.25, 0.3) is 0 Å². The van der Waals surface area contributed by atoms with Crippen LogP contribution in [0.3, 0.4) is 0 Å². The fraction of sp³-hybridized carbons (Fsp3) is 0.750. The van der Waals surface area contributed by atoms with E-state index < -0.39 is 5.97 Å². The van der Waals surface area contributed by atoms with E-state index in [-0.39, 0.29) is 24.7 Å². The number of piperidine rings is 1. The normalized spacial score (nSPS) is 15.4. The predicted molar refractivity (Wildman–Crippen MR) is 64.7 cm³/mol. The number of ether oxygens (including phenoxy) is 1. The van der Waals surface area contributed by atoms with Gasteiger partial charge in [-0.25, -0.2) is 0 Å². The Hall–Kier alpha value is -1.59. The maximum atomic E-state index is 11.5. The molecule has 0 aromatic rings. The van der Waals surface area contributed by atoms with Gasteiger partial charge in [0, 0.05) is 32.5 Å². The van der Waals surface area contributed by atoms with E-state index in [9.17, 15) is 14.4 Å². The summed E-state index contributed by atoms with van der Waals surface area (Å²) in [6.07, 6.45) is 2.81. The standard InChI is InChI=1S/C12H20N2O4/c1-18-12(17)6-5-10(15)13-7-9-14-8-3-2-4-11(14)16/h2-9H2,1H3,(H,13,15). The molecule has 0 bridgehead atoms. The first-order valence-corrected chi connectivity index (χ1v) is 6.25. The summed E-state index contributed by atoms with van der Waals surface area (Å²) < 4.78 is 4.44. The lowest BCUT2D eigenvalue weighted by atomic mass is 10.1. The van der Waals surface area contributed by atoms with Crippen molar-refractivity contribution < 1.29 is 19.1 Å². The van der Waals surface area contributed by atoms with Gasteiger partial charge in [-0.15, -0.1) is 0 Å². The second kappa shape index (κ2) is 7.68. The molecule has 0 atom stereocenters. The summed E-state index contributed by atoms with van der Waals surface area (Å²) in [5.41, 5.74) is 0. The van der Waals surface area contributed by atoms with Crippen molar-refractivity contribution in [1.29, 1.82) is 0 Å². The van der Waals surface area contributed by atoms with Crippen molar-refractivity contribution in [2.24, 2.45) is 0 Å². The van der Waals surface area contributed by atoms with Crippen LogP contribution in [0.2, 0.25) is 0 Å². The third kappa shape index (κ3) is 5.16. The van der Waals surface area contributed by atoms with Gasteiger partial charge >= 0.3 is 5.97 Å². The number of amides is 2. The lowest BCUT2D eigenvalue weighted by Crippen LogP contribution is -2.41. The van der Waals surface area contributed by atoms with Crippen LogP contribution in [0.1, 0.15) is 32.1 Å². The van der Waals surface area contributed by atoms with Crippen LogP contribution in [-0.4, -0.2) is 49.4 Å². The number of carbonyl (C=O) groups is 3. The maximum Gasteiger partial charge on any atom is 0.306 e. The fourth-order valence-corrected chi connectivity index (χ4v) is 1.83. The number of esters is 1. The first kappa shape index (κ1) is 14.5. The minimum Gasteiger partial charge on any atom is -0.469 e. The molecule has 1 aliphatic heterocycles. The highest BCUT2D eigenvalue weighted by molar-refractivity contribution is 5.81. The van der Waals surface area contributed by atoms with Crippen LogP contribution in [0.4, 0.5) is 0 Å². The molecule has 0 aromatic carbocycles. The Labute approximate surface area is 107 Å². The number of hydrogen-bond acceptors (Lipinski definition) is 4. The molecule has 2 amide bonds. The minimum atomic E-state index is -0.392. The van der Waals surface area contributed by atoms with Crippen LogP contribution in [0.5, 0.6) is 0 Å². The smallest absolute Gasteiger partial charge is 0.306 e. The molecule has 18 heavy (non-hydrogen) atoms. The zero-order chi connectivity index (χ0) is 13.4. The van der Waals surface area contributed by atoms with E-state index in [2.05, 4.69) is 10.1 Å². The Morgan fingerprint density at radius 2 is 2.11 bits per heavy atom. The molecule has 102 valence electrons. The highest BCUT2D eigenvalue weighted by Crippen LogP contribution is 2.09. The summed E-state index contributed by atoms with van der Waals surface area (Å²) in [5, 5.41) is 2.69. The van der Waals surface area contributed by atoms with E-state index in [1.165, 1.54) is 7.11 Å². The summed E-state index contributed by atoms with van der Waals surface area (Å²) in [6.45, 7) is 1.76. The fourth-order valence-electron chi connectivity index (χ4n) is 1.83. The number of likely N-dealkylation sites (tertiary alicyclic amines) is 1. The van der Waals surface area contributed by atoms with Crippen LogP contribution >= 0.6 is 0 Å². The van der Waals surface area contributed by atoms with Gasteiger partial charge in [0.1, 0.15) is 0 Å². The topological polar surface area (TPSA) is 75.7 Å². The number of rotatable bonds is 6. The molecule has 0 unspecified atom stereocenters. The zero-order valence-corrected chi connectivity index (χ0v) is 10.7. The molecule has 0 spiro atoms. The van der Waals surface area contributed by atoms with E-state index in [0.29, 0.717) is 19.5 Å². The SMILES string of the molecule is COC(=O)CCC(=O)NCCN1CCCCC1=O.